The first-order valence-electron chi connectivity index (χ1n) is 6.23. The Hall–Kier alpha value is -0.960. The molecule has 0 spiro atoms. The molecule has 0 radical (unpaired) electrons. The number of hydrogen-bond acceptors (Lipinski definition) is 1. The smallest absolute Gasteiger partial charge is 0.164 e. The molecule has 1 aliphatic heterocycles. The fourth-order valence-corrected chi connectivity index (χ4v) is 2.38. The third-order valence-corrected chi connectivity index (χ3v) is 3.37. The van der Waals surface area contributed by atoms with E-state index in [-0.39, 0.29) is 12.2 Å². The van der Waals surface area contributed by atoms with E-state index >= 15 is 0 Å². The summed E-state index contributed by atoms with van der Waals surface area (Å²) >= 11 is 0. The lowest BCUT2D eigenvalue weighted by molar-refractivity contribution is 0.0374. The van der Waals surface area contributed by atoms with Crippen molar-refractivity contribution in [1.82, 2.24) is 0 Å². The second-order valence-corrected chi connectivity index (χ2v) is 4.71. The van der Waals surface area contributed by atoms with Crippen LogP contribution < -0.4 is 0 Å². The number of benzene rings is 1. The van der Waals surface area contributed by atoms with Crippen LogP contribution in [0.5, 0.6) is 0 Å². The Balaban J connectivity index is 2.16. The molecule has 94 valence electrons. The number of halogens is 2. The minimum absolute atomic E-state index is 0.203. The van der Waals surface area contributed by atoms with E-state index in [1.165, 1.54) is 0 Å². The average Bonchev–Trinajstić information content (AvgIpc) is 2.75. The number of rotatable bonds is 3. The Kier molecular flexibility index (Phi) is 3.77. The molecule has 2 rings (SSSR count). The van der Waals surface area contributed by atoms with Crippen LogP contribution in [0.25, 0.3) is 0 Å². The molecular formula is C14H18F2O. The largest absolute Gasteiger partial charge is 0.370 e. The van der Waals surface area contributed by atoms with Crippen molar-refractivity contribution in [1.29, 1.82) is 0 Å². The summed E-state index contributed by atoms with van der Waals surface area (Å²) < 4.78 is 33.0. The van der Waals surface area contributed by atoms with Gasteiger partial charge in [0.05, 0.1) is 12.2 Å². The lowest BCUT2D eigenvalue weighted by atomic mass is 10.0. The van der Waals surface area contributed by atoms with Crippen LogP contribution in [0.4, 0.5) is 8.78 Å². The zero-order valence-electron chi connectivity index (χ0n) is 10.3. The molecular weight excluding hydrogens is 222 g/mol. The zero-order chi connectivity index (χ0) is 12.4. The Labute approximate surface area is 101 Å². The molecule has 1 aromatic rings. The third kappa shape index (κ3) is 2.49. The monoisotopic (exact) mass is 240 g/mol. The molecule has 1 aromatic carbocycles. The van der Waals surface area contributed by atoms with Crippen LogP contribution in [0.1, 0.15) is 49.8 Å². The Morgan fingerprint density at radius 3 is 2.71 bits per heavy atom. The van der Waals surface area contributed by atoms with Crippen LogP contribution in [0.2, 0.25) is 0 Å². The minimum atomic E-state index is -0.745. The van der Waals surface area contributed by atoms with Crippen molar-refractivity contribution in [2.75, 3.05) is 0 Å². The Bertz CT molecular complexity index is 403. The molecule has 0 aliphatic carbocycles. The first-order chi connectivity index (χ1) is 8.13. The molecule has 0 aromatic heterocycles. The van der Waals surface area contributed by atoms with Crippen LogP contribution in [-0.4, -0.2) is 6.10 Å². The van der Waals surface area contributed by atoms with Gasteiger partial charge >= 0.3 is 0 Å². The van der Waals surface area contributed by atoms with Gasteiger partial charge in [-0.3, -0.25) is 0 Å². The number of aryl methyl sites for hydroxylation is 1. The van der Waals surface area contributed by atoms with E-state index in [1.54, 1.807) is 19.1 Å². The second-order valence-electron chi connectivity index (χ2n) is 4.71. The summed E-state index contributed by atoms with van der Waals surface area (Å²) in [5.74, 6) is -1.49. The summed E-state index contributed by atoms with van der Waals surface area (Å²) in [4.78, 5) is 0. The summed E-state index contributed by atoms with van der Waals surface area (Å²) in [5.41, 5.74) is 0.709. The van der Waals surface area contributed by atoms with E-state index in [4.69, 9.17) is 4.74 Å². The highest BCUT2D eigenvalue weighted by Gasteiger charge is 2.28. The van der Waals surface area contributed by atoms with Gasteiger partial charge in [-0.15, -0.1) is 0 Å². The van der Waals surface area contributed by atoms with E-state index in [0.717, 1.165) is 25.7 Å². The quantitative estimate of drug-likeness (QED) is 0.765. The van der Waals surface area contributed by atoms with E-state index < -0.39 is 11.6 Å². The highest BCUT2D eigenvalue weighted by molar-refractivity contribution is 5.27. The predicted octanol–water partition coefficient (Wildman–Crippen LogP) is 4.29. The van der Waals surface area contributed by atoms with Gasteiger partial charge in [0, 0.05) is 5.56 Å². The fraction of sp³-hybridized carbons (Fsp3) is 0.571. The molecule has 0 amide bonds. The maximum Gasteiger partial charge on any atom is 0.164 e. The molecule has 1 aliphatic rings. The third-order valence-electron chi connectivity index (χ3n) is 3.37. The molecule has 2 atom stereocenters. The van der Waals surface area contributed by atoms with Gasteiger partial charge in [-0.25, -0.2) is 8.78 Å². The van der Waals surface area contributed by atoms with E-state index in [2.05, 4.69) is 6.92 Å². The molecule has 0 saturated carbocycles. The van der Waals surface area contributed by atoms with Crippen LogP contribution in [0.3, 0.4) is 0 Å². The van der Waals surface area contributed by atoms with Gasteiger partial charge in [-0.1, -0.05) is 25.5 Å². The first-order valence-corrected chi connectivity index (χ1v) is 6.23. The van der Waals surface area contributed by atoms with Crippen molar-refractivity contribution in [2.45, 2.75) is 51.7 Å². The van der Waals surface area contributed by atoms with Gasteiger partial charge < -0.3 is 4.74 Å². The summed E-state index contributed by atoms with van der Waals surface area (Å²) in [6, 6.07) is 3.26. The molecule has 1 heterocycles. The molecule has 2 unspecified atom stereocenters. The van der Waals surface area contributed by atoms with Crippen molar-refractivity contribution in [3.8, 4) is 0 Å². The Morgan fingerprint density at radius 2 is 2.00 bits per heavy atom. The fourth-order valence-electron chi connectivity index (χ4n) is 2.38. The van der Waals surface area contributed by atoms with Gasteiger partial charge in [0.15, 0.2) is 11.6 Å². The van der Waals surface area contributed by atoms with E-state index in [0.29, 0.717) is 11.1 Å². The van der Waals surface area contributed by atoms with Crippen molar-refractivity contribution in [3.05, 3.63) is 34.9 Å². The van der Waals surface area contributed by atoms with Crippen LogP contribution >= 0.6 is 0 Å². The van der Waals surface area contributed by atoms with Crippen LogP contribution in [-0.2, 0) is 4.74 Å². The molecule has 0 bridgehead atoms. The van der Waals surface area contributed by atoms with Gasteiger partial charge in [0.1, 0.15) is 0 Å². The predicted molar refractivity (Wildman–Crippen MR) is 62.9 cm³/mol. The average molecular weight is 240 g/mol. The Morgan fingerprint density at radius 1 is 1.24 bits per heavy atom. The summed E-state index contributed by atoms with van der Waals surface area (Å²) in [6.45, 7) is 3.67. The summed E-state index contributed by atoms with van der Waals surface area (Å²) in [7, 11) is 0. The molecule has 17 heavy (non-hydrogen) atoms. The van der Waals surface area contributed by atoms with E-state index in [9.17, 15) is 8.78 Å². The van der Waals surface area contributed by atoms with E-state index in [1.807, 2.05) is 0 Å². The van der Waals surface area contributed by atoms with Gasteiger partial charge in [-0.05, 0) is 31.7 Å². The van der Waals surface area contributed by atoms with Gasteiger partial charge in [0.2, 0.25) is 0 Å². The molecule has 1 nitrogen and oxygen atoms in total. The minimum Gasteiger partial charge on any atom is -0.370 e. The van der Waals surface area contributed by atoms with Crippen molar-refractivity contribution < 1.29 is 13.5 Å². The normalized spacial score (nSPS) is 24.2. The number of ether oxygens (including phenoxy) is 1. The van der Waals surface area contributed by atoms with Crippen molar-refractivity contribution in [3.63, 3.8) is 0 Å². The van der Waals surface area contributed by atoms with Crippen LogP contribution in [0.15, 0.2) is 12.1 Å². The topological polar surface area (TPSA) is 9.23 Å². The lowest BCUT2D eigenvalue weighted by Crippen LogP contribution is -2.08. The van der Waals surface area contributed by atoms with Crippen molar-refractivity contribution in [2.24, 2.45) is 0 Å². The maximum absolute atomic E-state index is 13.8. The highest BCUT2D eigenvalue weighted by atomic mass is 19.2. The first kappa shape index (κ1) is 12.5. The van der Waals surface area contributed by atoms with Gasteiger partial charge in [0.25, 0.3) is 0 Å². The summed E-state index contributed by atoms with van der Waals surface area (Å²) in [6.07, 6.45) is 3.70. The highest BCUT2D eigenvalue weighted by Crippen LogP contribution is 2.36. The molecule has 1 fully saturated rings. The molecule has 1 saturated heterocycles. The zero-order valence-corrected chi connectivity index (χ0v) is 10.3. The van der Waals surface area contributed by atoms with Gasteiger partial charge in [-0.2, -0.15) is 0 Å². The second kappa shape index (κ2) is 5.13. The van der Waals surface area contributed by atoms with Crippen LogP contribution in [0, 0.1) is 18.6 Å². The standard InChI is InChI=1S/C14H18F2O/c1-3-4-10-6-8-12(17-10)11-7-5-9(2)13(15)14(11)16/h5,7,10,12H,3-4,6,8H2,1-2H3. The maximum atomic E-state index is 13.8. The SMILES string of the molecule is CCCC1CCC(c2ccc(C)c(F)c2F)O1. The van der Waals surface area contributed by atoms with Crippen molar-refractivity contribution >= 4 is 0 Å². The number of hydrogen-bond donors (Lipinski definition) is 0. The lowest BCUT2D eigenvalue weighted by Gasteiger charge is -2.15. The molecule has 3 heteroatoms. The molecule has 0 N–H and O–H groups in total. The summed E-state index contributed by atoms with van der Waals surface area (Å²) in [5, 5.41) is 0.